The van der Waals surface area contributed by atoms with Crippen molar-refractivity contribution in [3.63, 3.8) is 0 Å². The van der Waals surface area contributed by atoms with E-state index in [1.807, 2.05) is 25.2 Å². The molecule has 232 valence electrons. The first-order valence-electron chi connectivity index (χ1n) is 15.1. The number of amides is 1. The van der Waals surface area contributed by atoms with Crippen LogP contribution in [0.4, 0.5) is 25.8 Å². The number of benzene rings is 3. The van der Waals surface area contributed by atoms with Crippen molar-refractivity contribution >= 4 is 33.9 Å². The van der Waals surface area contributed by atoms with Gasteiger partial charge < -0.3 is 29.7 Å². The summed E-state index contributed by atoms with van der Waals surface area (Å²) < 4.78 is 46.5. The lowest BCUT2D eigenvalue weighted by molar-refractivity contribution is -0.148. The summed E-state index contributed by atoms with van der Waals surface area (Å²) in [6.07, 6.45) is 4.96. The molecule has 1 amide bonds. The van der Waals surface area contributed by atoms with Crippen LogP contribution in [0, 0.1) is 17.0 Å². The fraction of sp³-hybridized carbons (Fsp3) is 0.314. The van der Waals surface area contributed by atoms with Crippen molar-refractivity contribution in [2.45, 2.75) is 37.4 Å². The fourth-order valence-electron chi connectivity index (χ4n) is 5.79. The standard InChI is InChI=1S/C35H34F2N4O4/c1-22(39-24-5-3-23(36)4-6-24)35(14-15-35)33(42)40-25-7-10-32(29(37)17-25)44-31-11-16-38-30-18-26(8-9-28(30)31)41(2)19-27-20-43-21-34(45-27)12-13-34/h3-11,16-18,27,39H,1,12-15,19-21H2,2H3,(H,40,42). The van der Waals surface area contributed by atoms with Gasteiger partial charge in [-0.05, 0) is 86.3 Å². The molecule has 2 aliphatic carbocycles. The Morgan fingerprint density at radius 2 is 1.78 bits per heavy atom. The summed E-state index contributed by atoms with van der Waals surface area (Å²) in [5.41, 5.74) is 2.24. The SMILES string of the molecule is C=C(Nc1ccc(F)cc1)C1(C(=O)Nc2ccc(Oc3ccnc4cc(N(C)CC5COCC6(CC6)O5)ccc34)c(F)c2)CC1. The summed E-state index contributed by atoms with van der Waals surface area (Å²) in [7, 11) is 2.01. The number of pyridine rings is 1. The van der Waals surface area contributed by atoms with Crippen molar-refractivity contribution < 1.29 is 27.8 Å². The van der Waals surface area contributed by atoms with Gasteiger partial charge in [0, 0.05) is 54.0 Å². The molecule has 4 aromatic rings. The van der Waals surface area contributed by atoms with Gasteiger partial charge in [-0.15, -0.1) is 0 Å². The molecule has 1 atom stereocenters. The van der Waals surface area contributed by atoms with Crippen LogP contribution in [0.5, 0.6) is 11.5 Å². The Balaban J connectivity index is 1.00. The first kappa shape index (κ1) is 29.2. The summed E-state index contributed by atoms with van der Waals surface area (Å²) >= 11 is 0. The van der Waals surface area contributed by atoms with Gasteiger partial charge in [0.15, 0.2) is 11.6 Å². The Labute approximate surface area is 260 Å². The number of rotatable bonds is 10. The highest BCUT2D eigenvalue weighted by atomic mass is 19.1. The van der Waals surface area contributed by atoms with Crippen LogP contribution in [0.1, 0.15) is 25.7 Å². The Bertz CT molecular complexity index is 1770. The molecule has 1 aromatic heterocycles. The van der Waals surface area contributed by atoms with E-state index in [2.05, 4.69) is 27.1 Å². The van der Waals surface area contributed by atoms with Gasteiger partial charge in [-0.25, -0.2) is 8.78 Å². The molecule has 1 saturated heterocycles. The third-order valence-electron chi connectivity index (χ3n) is 8.81. The van der Waals surface area contributed by atoms with Crippen LogP contribution in [0.15, 0.2) is 85.2 Å². The normalized spacial score (nSPS) is 19.1. The average Bonchev–Trinajstić information content (AvgIpc) is 3.97. The number of fused-ring (bicyclic) bond motifs is 1. The van der Waals surface area contributed by atoms with E-state index in [4.69, 9.17) is 14.2 Å². The van der Waals surface area contributed by atoms with Crippen LogP contribution in [-0.2, 0) is 14.3 Å². The first-order valence-corrected chi connectivity index (χ1v) is 15.1. The van der Waals surface area contributed by atoms with Crippen LogP contribution in [0.3, 0.4) is 0 Å². The Morgan fingerprint density at radius 3 is 2.51 bits per heavy atom. The maximum atomic E-state index is 15.2. The van der Waals surface area contributed by atoms with E-state index < -0.39 is 11.2 Å². The van der Waals surface area contributed by atoms with Crippen LogP contribution >= 0.6 is 0 Å². The van der Waals surface area contributed by atoms with E-state index in [0.717, 1.165) is 23.9 Å². The predicted octanol–water partition coefficient (Wildman–Crippen LogP) is 7.03. The number of carbonyl (C=O) groups excluding carboxylic acids is 1. The lowest BCUT2D eigenvalue weighted by atomic mass is 10.0. The zero-order valence-electron chi connectivity index (χ0n) is 24.9. The van der Waals surface area contributed by atoms with Gasteiger partial charge >= 0.3 is 0 Å². The molecule has 3 aromatic carbocycles. The smallest absolute Gasteiger partial charge is 0.236 e. The number of likely N-dealkylation sites (N-methyl/N-ethyl adjacent to an activating group) is 1. The van der Waals surface area contributed by atoms with Crippen molar-refractivity contribution in [3.8, 4) is 11.5 Å². The molecule has 1 aliphatic heterocycles. The maximum absolute atomic E-state index is 15.2. The zero-order valence-corrected chi connectivity index (χ0v) is 24.9. The van der Waals surface area contributed by atoms with Crippen molar-refractivity contribution in [1.82, 2.24) is 4.98 Å². The van der Waals surface area contributed by atoms with Crippen molar-refractivity contribution in [2.24, 2.45) is 5.41 Å². The van der Waals surface area contributed by atoms with Gasteiger partial charge in [-0.2, -0.15) is 0 Å². The molecule has 1 unspecified atom stereocenters. The fourth-order valence-corrected chi connectivity index (χ4v) is 5.79. The summed E-state index contributed by atoms with van der Waals surface area (Å²) in [6.45, 7) is 6.00. The van der Waals surface area contributed by atoms with Gasteiger partial charge in [0.1, 0.15) is 11.6 Å². The van der Waals surface area contributed by atoms with Gasteiger partial charge in [-0.3, -0.25) is 9.78 Å². The second-order valence-electron chi connectivity index (χ2n) is 12.2. The molecule has 2 N–H and O–H groups in total. The van der Waals surface area contributed by atoms with Crippen molar-refractivity contribution in [1.29, 1.82) is 0 Å². The number of anilines is 3. The van der Waals surface area contributed by atoms with E-state index in [-0.39, 0.29) is 29.2 Å². The van der Waals surface area contributed by atoms with Crippen molar-refractivity contribution in [3.05, 3.63) is 96.8 Å². The van der Waals surface area contributed by atoms with E-state index in [1.165, 1.54) is 24.3 Å². The molecule has 2 saturated carbocycles. The van der Waals surface area contributed by atoms with Gasteiger partial charge in [0.25, 0.3) is 0 Å². The third kappa shape index (κ3) is 6.08. The number of ether oxygens (including phenoxy) is 3. The van der Waals surface area contributed by atoms with Crippen LogP contribution in [0.2, 0.25) is 0 Å². The lowest BCUT2D eigenvalue weighted by Crippen LogP contribution is -2.43. The molecule has 8 nitrogen and oxygen atoms in total. The average molecular weight is 613 g/mol. The molecule has 45 heavy (non-hydrogen) atoms. The molecule has 0 radical (unpaired) electrons. The molecule has 0 bridgehead atoms. The summed E-state index contributed by atoms with van der Waals surface area (Å²) in [6, 6.07) is 17.7. The van der Waals surface area contributed by atoms with Gasteiger partial charge in [0.05, 0.1) is 35.9 Å². The number of aromatic nitrogens is 1. The minimum Gasteiger partial charge on any atom is -0.454 e. The quantitative estimate of drug-likeness (QED) is 0.199. The predicted molar refractivity (Wildman–Crippen MR) is 169 cm³/mol. The summed E-state index contributed by atoms with van der Waals surface area (Å²) in [5.74, 6) is -0.772. The van der Waals surface area contributed by atoms with E-state index in [0.29, 0.717) is 60.9 Å². The summed E-state index contributed by atoms with van der Waals surface area (Å²) in [5, 5.41) is 6.65. The number of hydrogen-bond acceptors (Lipinski definition) is 7. The molecule has 10 heteroatoms. The monoisotopic (exact) mass is 612 g/mol. The second kappa shape index (κ2) is 11.4. The highest BCUT2D eigenvalue weighted by Crippen LogP contribution is 2.52. The van der Waals surface area contributed by atoms with E-state index >= 15 is 4.39 Å². The molecule has 3 fully saturated rings. The Hall–Kier alpha value is -4.54. The second-order valence-corrected chi connectivity index (χ2v) is 12.2. The first-order chi connectivity index (χ1) is 21.7. The number of halogens is 2. The lowest BCUT2D eigenvalue weighted by Gasteiger charge is -2.33. The molecule has 2 heterocycles. The van der Waals surface area contributed by atoms with Crippen molar-refractivity contribution in [2.75, 3.05) is 42.3 Å². The molecular weight excluding hydrogens is 578 g/mol. The molecule has 7 rings (SSSR count). The zero-order chi connectivity index (χ0) is 31.2. The van der Waals surface area contributed by atoms with Crippen LogP contribution in [0.25, 0.3) is 10.9 Å². The minimum atomic E-state index is -0.820. The topological polar surface area (TPSA) is 85.0 Å². The van der Waals surface area contributed by atoms with Gasteiger partial charge in [0.2, 0.25) is 5.91 Å². The Kier molecular flexibility index (Phi) is 7.41. The van der Waals surface area contributed by atoms with Crippen LogP contribution < -0.4 is 20.3 Å². The van der Waals surface area contributed by atoms with E-state index in [1.54, 1.807) is 30.5 Å². The van der Waals surface area contributed by atoms with Crippen LogP contribution in [-0.4, -0.2) is 49.4 Å². The Morgan fingerprint density at radius 1 is 1.00 bits per heavy atom. The maximum Gasteiger partial charge on any atom is 0.236 e. The molecule has 1 spiro atoms. The highest BCUT2D eigenvalue weighted by molar-refractivity contribution is 6.00. The number of nitrogens with one attached hydrogen (secondary N) is 2. The number of nitrogens with zero attached hydrogens (tertiary/aromatic N) is 2. The summed E-state index contributed by atoms with van der Waals surface area (Å²) in [4.78, 5) is 19.8. The third-order valence-corrected chi connectivity index (χ3v) is 8.81. The largest absolute Gasteiger partial charge is 0.454 e. The van der Waals surface area contributed by atoms with Gasteiger partial charge in [-0.1, -0.05) is 6.58 Å². The minimum absolute atomic E-state index is 0.00650. The highest BCUT2D eigenvalue weighted by Gasteiger charge is 2.52. The number of hydrogen-bond donors (Lipinski definition) is 2. The van der Waals surface area contributed by atoms with E-state index in [9.17, 15) is 9.18 Å². The number of carbonyl (C=O) groups is 1. The molecular formula is C35H34F2N4O4. The molecule has 3 aliphatic rings.